The molecule has 6 heteroatoms. The van der Waals surface area contributed by atoms with Crippen molar-refractivity contribution in [2.45, 2.75) is 6.42 Å². The maximum Gasteiger partial charge on any atom is 0.267 e. The van der Waals surface area contributed by atoms with Crippen LogP contribution in [0.25, 0.3) is 0 Å². The number of nitrogens with zero attached hydrogens (tertiary/aromatic N) is 2. The Morgan fingerprint density at radius 1 is 1.45 bits per heavy atom. The zero-order valence-corrected chi connectivity index (χ0v) is 11.1. The van der Waals surface area contributed by atoms with Crippen LogP contribution in [0.15, 0.2) is 18.5 Å². The minimum atomic E-state index is -0.204. The molecule has 0 unspecified atom stereocenters. The molecular weight excluding hydrogens is 258 g/mol. The van der Waals surface area contributed by atoms with Crippen LogP contribution >= 0.6 is 0 Å². The van der Waals surface area contributed by atoms with E-state index in [4.69, 9.17) is 9.84 Å². The first-order chi connectivity index (χ1) is 9.79. The molecule has 1 aliphatic heterocycles. The van der Waals surface area contributed by atoms with Crippen LogP contribution in [0.1, 0.15) is 22.3 Å². The normalized spacial score (nSPS) is 15.2. The Balaban J connectivity index is 1.99. The molecule has 0 aliphatic carbocycles. The lowest BCUT2D eigenvalue weighted by molar-refractivity contribution is 0.0126. The summed E-state index contributed by atoms with van der Waals surface area (Å²) in [4.78, 5) is 16.1. The first kappa shape index (κ1) is 14.5. The number of hydrogen-bond donors (Lipinski definition) is 2. The summed E-state index contributed by atoms with van der Waals surface area (Å²) in [6, 6.07) is 1.69. The molecule has 6 nitrogen and oxygen atoms in total. The molecule has 1 aliphatic rings. The minimum absolute atomic E-state index is 0.0254. The lowest BCUT2D eigenvalue weighted by Crippen LogP contribution is -2.48. The third kappa shape index (κ3) is 4.31. The molecule has 0 aromatic carbocycles. The molecule has 2 rings (SSSR count). The van der Waals surface area contributed by atoms with Gasteiger partial charge in [-0.1, -0.05) is 11.8 Å². The molecular formula is C14H17N3O3. The molecule has 20 heavy (non-hydrogen) atoms. The Kier molecular flexibility index (Phi) is 5.50. The third-order valence-corrected chi connectivity index (χ3v) is 2.74. The van der Waals surface area contributed by atoms with Gasteiger partial charge in [0.1, 0.15) is 0 Å². The van der Waals surface area contributed by atoms with Crippen molar-refractivity contribution in [3.05, 3.63) is 29.6 Å². The number of hydrazine groups is 1. The summed E-state index contributed by atoms with van der Waals surface area (Å²) in [6.45, 7) is 2.61. The molecule has 1 aromatic rings. The smallest absolute Gasteiger partial charge is 0.267 e. The van der Waals surface area contributed by atoms with Gasteiger partial charge in [0.25, 0.3) is 5.91 Å². The Labute approximate surface area is 117 Å². The summed E-state index contributed by atoms with van der Waals surface area (Å²) in [6.07, 6.45) is 3.51. The highest BCUT2D eigenvalue weighted by molar-refractivity contribution is 5.93. The van der Waals surface area contributed by atoms with Crippen molar-refractivity contribution in [1.29, 1.82) is 0 Å². The Morgan fingerprint density at radius 2 is 2.25 bits per heavy atom. The Bertz CT molecular complexity index is 516. The van der Waals surface area contributed by atoms with Gasteiger partial charge in [0, 0.05) is 37.5 Å². The topological polar surface area (TPSA) is 74.7 Å². The Hall–Kier alpha value is -1.94. The number of aliphatic hydroxyl groups excluding tert-OH is 1. The highest BCUT2D eigenvalue weighted by Gasteiger charge is 2.14. The van der Waals surface area contributed by atoms with E-state index in [0.717, 1.165) is 0 Å². The van der Waals surface area contributed by atoms with E-state index >= 15 is 0 Å². The number of amides is 1. The van der Waals surface area contributed by atoms with E-state index in [0.29, 0.717) is 43.9 Å². The molecule has 2 N–H and O–H groups in total. The molecule has 1 saturated heterocycles. The number of hydrogen-bond acceptors (Lipinski definition) is 5. The molecule has 1 aromatic heterocycles. The lowest BCUT2D eigenvalue weighted by atomic mass is 10.2. The van der Waals surface area contributed by atoms with Crippen molar-refractivity contribution < 1.29 is 14.6 Å². The van der Waals surface area contributed by atoms with Crippen molar-refractivity contribution in [2.24, 2.45) is 0 Å². The minimum Gasteiger partial charge on any atom is -0.395 e. The maximum atomic E-state index is 12.1. The van der Waals surface area contributed by atoms with Gasteiger partial charge in [-0.2, -0.15) is 0 Å². The molecule has 0 bridgehead atoms. The van der Waals surface area contributed by atoms with Gasteiger partial charge >= 0.3 is 0 Å². The SMILES string of the molecule is O=C(NN1CCOCC1)c1cncc(C#CCCO)c1. The fraction of sp³-hybridized carbons (Fsp3) is 0.429. The second-order valence-electron chi connectivity index (χ2n) is 4.28. The standard InChI is InChI=1S/C14H17N3O3/c18-6-2-1-3-12-9-13(11-15-10-12)14(19)16-17-4-7-20-8-5-17/h9-11,18H,2,4-8H2,(H,16,19). The number of pyridine rings is 1. The first-order valence-corrected chi connectivity index (χ1v) is 6.48. The number of nitrogens with one attached hydrogen (secondary N) is 1. The molecule has 2 heterocycles. The summed E-state index contributed by atoms with van der Waals surface area (Å²) in [7, 11) is 0. The molecule has 0 spiro atoms. The first-order valence-electron chi connectivity index (χ1n) is 6.48. The number of carbonyl (C=O) groups excluding carboxylic acids is 1. The second kappa shape index (κ2) is 7.60. The van der Waals surface area contributed by atoms with Crippen molar-refractivity contribution >= 4 is 5.91 Å². The number of morpholine rings is 1. The summed E-state index contributed by atoms with van der Waals surface area (Å²) in [5.41, 5.74) is 3.94. The number of aliphatic hydroxyl groups is 1. The van der Waals surface area contributed by atoms with Gasteiger partial charge in [-0.25, -0.2) is 5.01 Å². The Morgan fingerprint density at radius 3 is 3.00 bits per heavy atom. The van der Waals surface area contributed by atoms with E-state index in [1.807, 2.05) is 5.01 Å². The van der Waals surface area contributed by atoms with Crippen LogP contribution in [0.5, 0.6) is 0 Å². The van der Waals surface area contributed by atoms with E-state index in [-0.39, 0.29) is 12.5 Å². The monoisotopic (exact) mass is 275 g/mol. The highest BCUT2D eigenvalue weighted by Crippen LogP contribution is 2.03. The average molecular weight is 275 g/mol. The van der Waals surface area contributed by atoms with Crippen LogP contribution in [-0.4, -0.2) is 53.9 Å². The molecule has 0 radical (unpaired) electrons. The number of carbonyl (C=O) groups is 1. The maximum absolute atomic E-state index is 12.1. The van der Waals surface area contributed by atoms with E-state index < -0.39 is 0 Å². The summed E-state index contributed by atoms with van der Waals surface area (Å²) in [5.74, 6) is 5.46. The third-order valence-electron chi connectivity index (χ3n) is 2.74. The van der Waals surface area contributed by atoms with Gasteiger partial charge in [0.2, 0.25) is 0 Å². The van der Waals surface area contributed by atoms with E-state index in [1.165, 1.54) is 6.20 Å². The quantitative estimate of drug-likeness (QED) is 0.747. The van der Waals surface area contributed by atoms with Crippen LogP contribution in [0.2, 0.25) is 0 Å². The van der Waals surface area contributed by atoms with Crippen molar-refractivity contribution in [1.82, 2.24) is 15.4 Å². The molecule has 1 fully saturated rings. The van der Waals surface area contributed by atoms with Crippen molar-refractivity contribution in [3.63, 3.8) is 0 Å². The van der Waals surface area contributed by atoms with Gasteiger partial charge in [-0.15, -0.1) is 0 Å². The fourth-order valence-corrected chi connectivity index (χ4v) is 1.74. The number of rotatable bonds is 3. The van der Waals surface area contributed by atoms with Gasteiger partial charge < -0.3 is 9.84 Å². The van der Waals surface area contributed by atoms with Gasteiger partial charge in [-0.05, 0) is 6.07 Å². The summed E-state index contributed by atoms with van der Waals surface area (Å²) >= 11 is 0. The molecule has 106 valence electrons. The second-order valence-corrected chi connectivity index (χ2v) is 4.28. The lowest BCUT2D eigenvalue weighted by Gasteiger charge is -2.26. The van der Waals surface area contributed by atoms with E-state index in [2.05, 4.69) is 22.3 Å². The molecule has 0 saturated carbocycles. The summed E-state index contributed by atoms with van der Waals surface area (Å²) in [5, 5.41) is 10.5. The van der Waals surface area contributed by atoms with Crippen molar-refractivity contribution in [3.8, 4) is 11.8 Å². The van der Waals surface area contributed by atoms with Gasteiger partial charge in [-0.3, -0.25) is 15.2 Å². The number of aromatic nitrogens is 1. The zero-order chi connectivity index (χ0) is 14.2. The summed E-state index contributed by atoms with van der Waals surface area (Å²) < 4.78 is 5.22. The van der Waals surface area contributed by atoms with E-state index in [1.54, 1.807) is 12.3 Å². The van der Waals surface area contributed by atoms with E-state index in [9.17, 15) is 4.79 Å². The predicted octanol–water partition coefficient (Wildman–Crippen LogP) is -0.207. The van der Waals surface area contributed by atoms with Crippen LogP contribution in [0.4, 0.5) is 0 Å². The fourth-order valence-electron chi connectivity index (χ4n) is 1.74. The van der Waals surface area contributed by atoms with Gasteiger partial charge in [0.15, 0.2) is 0 Å². The highest BCUT2D eigenvalue weighted by atomic mass is 16.5. The van der Waals surface area contributed by atoms with Crippen LogP contribution < -0.4 is 5.43 Å². The van der Waals surface area contributed by atoms with Crippen molar-refractivity contribution in [2.75, 3.05) is 32.9 Å². The van der Waals surface area contributed by atoms with Crippen LogP contribution in [0.3, 0.4) is 0 Å². The molecule has 1 amide bonds. The predicted molar refractivity (Wildman–Crippen MR) is 72.7 cm³/mol. The molecule has 0 atom stereocenters. The number of ether oxygens (including phenoxy) is 1. The zero-order valence-electron chi connectivity index (χ0n) is 11.1. The average Bonchev–Trinajstić information content (AvgIpc) is 2.49. The van der Waals surface area contributed by atoms with Crippen LogP contribution in [-0.2, 0) is 4.74 Å². The largest absolute Gasteiger partial charge is 0.395 e. The van der Waals surface area contributed by atoms with Crippen LogP contribution in [0, 0.1) is 11.8 Å². The van der Waals surface area contributed by atoms with Gasteiger partial charge in [0.05, 0.1) is 25.4 Å².